The Balaban J connectivity index is 2.24. The topological polar surface area (TPSA) is 92.5 Å². The summed E-state index contributed by atoms with van der Waals surface area (Å²) in [4.78, 5) is 7.74. The molecule has 0 spiro atoms. The summed E-state index contributed by atoms with van der Waals surface area (Å²) in [5.74, 6) is 0.580. The Morgan fingerprint density at radius 3 is 3.00 bits per heavy atom. The van der Waals surface area contributed by atoms with E-state index >= 15 is 0 Å². The molecule has 2 aromatic rings. The summed E-state index contributed by atoms with van der Waals surface area (Å²) in [7, 11) is 0. The first-order valence-corrected chi connectivity index (χ1v) is 3.67. The summed E-state index contributed by atoms with van der Waals surface area (Å²) in [6, 6.07) is 0. The fourth-order valence-corrected chi connectivity index (χ4v) is 0.901. The van der Waals surface area contributed by atoms with Crippen LogP contribution in [0.4, 0.5) is 17.2 Å². The summed E-state index contributed by atoms with van der Waals surface area (Å²) < 4.78 is 0. The number of nitrogens with one attached hydrogen (secondary N) is 2. The highest BCUT2D eigenvalue weighted by atomic mass is 15.1. The number of H-pyrrole nitrogens is 1. The molecule has 4 N–H and O–H groups in total. The van der Waals surface area contributed by atoms with Crippen LogP contribution >= 0.6 is 0 Å². The maximum atomic E-state index is 5.62. The Labute approximate surface area is 74.2 Å². The van der Waals surface area contributed by atoms with Gasteiger partial charge < -0.3 is 11.1 Å². The average Bonchev–Trinajstić information content (AvgIpc) is 2.61. The van der Waals surface area contributed by atoms with Crippen molar-refractivity contribution < 1.29 is 0 Å². The molecule has 6 nitrogen and oxygen atoms in total. The zero-order chi connectivity index (χ0) is 9.10. The lowest BCUT2D eigenvalue weighted by Crippen LogP contribution is -1.98. The van der Waals surface area contributed by atoms with Crippen molar-refractivity contribution in [2.75, 3.05) is 11.1 Å². The highest BCUT2D eigenvalue weighted by molar-refractivity contribution is 5.66. The molecule has 6 heteroatoms. The zero-order valence-electron chi connectivity index (χ0n) is 6.73. The molecule has 0 radical (unpaired) electrons. The minimum Gasteiger partial charge on any atom is -0.394 e. The lowest BCUT2D eigenvalue weighted by atomic mass is 10.4. The molecule has 0 aromatic carbocycles. The Kier molecular flexibility index (Phi) is 1.79. The first-order chi connectivity index (χ1) is 6.36. The molecule has 0 atom stereocenters. The summed E-state index contributed by atoms with van der Waals surface area (Å²) in [6.45, 7) is 0. The van der Waals surface area contributed by atoms with Gasteiger partial charge in [0, 0.05) is 6.20 Å². The Bertz CT molecular complexity index is 382. The highest BCUT2D eigenvalue weighted by Gasteiger charge is 2.00. The fraction of sp³-hybridized carbons (Fsp3) is 0. The molecule has 0 unspecified atom stereocenters. The summed E-state index contributed by atoms with van der Waals surface area (Å²) >= 11 is 0. The van der Waals surface area contributed by atoms with Crippen LogP contribution in [-0.2, 0) is 0 Å². The Morgan fingerprint density at radius 1 is 1.38 bits per heavy atom. The fourth-order valence-electron chi connectivity index (χ4n) is 0.901. The Morgan fingerprint density at radius 2 is 2.31 bits per heavy atom. The molecule has 0 amide bonds. The number of nitrogens with two attached hydrogens (primary N) is 1. The third-order valence-corrected chi connectivity index (χ3v) is 1.50. The average molecular weight is 176 g/mol. The summed E-state index contributed by atoms with van der Waals surface area (Å²) in [5, 5.41) is 9.43. The molecule has 2 heterocycles. The van der Waals surface area contributed by atoms with Crippen LogP contribution in [0.25, 0.3) is 0 Å². The van der Waals surface area contributed by atoms with Crippen LogP contribution in [0, 0.1) is 0 Å². The van der Waals surface area contributed by atoms with Gasteiger partial charge in [0.1, 0.15) is 6.33 Å². The molecule has 2 rings (SSSR count). The molecule has 13 heavy (non-hydrogen) atoms. The molecule has 0 saturated heterocycles. The van der Waals surface area contributed by atoms with Gasteiger partial charge in [-0.15, -0.1) is 0 Å². The number of aromatic nitrogens is 4. The van der Waals surface area contributed by atoms with Crippen molar-refractivity contribution in [1.82, 2.24) is 20.2 Å². The van der Waals surface area contributed by atoms with Gasteiger partial charge in [-0.2, -0.15) is 5.10 Å². The van der Waals surface area contributed by atoms with Gasteiger partial charge in [0.15, 0.2) is 5.82 Å². The maximum Gasteiger partial charge on any atom is 0.157 e. The Hall–Kier alpha value is -2.11. The van der Waals surface area contributed by atoms with E-state index in [-0.39, 0.29) is 0 Å². The van der Waals surface area contributed by atoms with E-state index in [1.165, 1.54) is 12.5 Å². The number of nitrogens with zero attached hydrogens (tertiary/aromatic N) is 3. The van der Waals surface area contributed by atoms with Crippen molar-refractivity contribution in [2.45, 2.75) is 0 Å². The van der Waals surface area contributed by atoms with Crippen molar-refractivity contribution >= 4 is 17.2 Å². The van der Waals surface area contributed by atoms with Crippen LogP contribution in [0.2, 0.25) is 0 Å². The smallest absolute Gasteiger partial charge is 0.157 e. The van der Waals surface area contributed by atoms with Crippen LogP contribution in [0.1, 0.15) is 0 Å². The van der Waals surface area contributed by atoms with E-state index in [2.05, 4.69) is 25.5 Å². The number of hydrogen-bond donors (Lipinski definition) is 3. The van der Waals surface area contributed by atoms with Gasteiger partial charge in [-0.1, -0.05) is 0 Å². The van der Waals surface area contributed by atoms with Gasteiger partial charge in [-0.25, -0.2) is 9.97 Å². The van der Waals surface area contributed by atoms with E-state index in [9.17, 15) is 0 Å². The molecule has 0 fully saturated rings. The van der Waals surface area contributed by atoms with E-state index in [1.807, 2.05) is 0 Å². The molecule has 0 saturated carbocycles. The number of nitrogen functional groups attached to an aromatic ring is 1. The second-order valence-electron chi connectivity index (χ2n) is 2.44. The standard InChI is InChI=1S/C7H8N6/c8-6-3-9-4-10-7(6)13-5-1-11-12-2-5/h1-4H,8H2,(H,11,12)(H,9,10,13). The molecule has 0 aliphatic carbocycles. The van der Waals surface area contributed by atoms with E-state index < -0.39 is 0 Å². The van der Waals surface area contributed by atoms with Gasteiger partial charge in [-0.3, -0.25) is 5.10 Å². The van der Waals surface area contributed by atoms with Crippen LogP contribution in [-0.4, -0.2) is 20.2 Å². The maximum absolute atomic E-state index is 5.62. The molecule has 0 aliphatic heterocycles. The second kappa shape index (κ2) is 3.10. The molecule has 2 aromatic heterocycles. The molecule has 0 aliphatic rings. The number of aromatic amines is 1. The first kappa shape index (κ1) is 7.53. The second-order valence-corrected chi connectivity index (χ2v) is 2.44. The van der Waals surface area contributed by atoms with Crippen molar-refractivity contribution in [3.8, 4) is 0 Å². The first-order valence-electron chi connectivity index (χ1n) is 3.67. The SMILES string of the molecule is Nc1cncnc1Nc1cn[nH]c1. The van der Waals surface area contributed by atoms with Crippen molar-refractivity contribution in [2.24, 2.45) is 0 Å². The molecule has 66 valence electrons. The van der Waals surface area contributed by atoms with Crippen molar-refractivity contribution in [1.29, 1.82) is 0 Å². The van der Waals surface area contributed by atoms with E-state index in [1.54, 1.807) is 12.4 Å². The third kappa shape index (κ3) is 1.56. The number of rotatable bonds is 2. The van der Waals surface area contributed by atoms with E-state index in [4.69, 9.17) is 5.73 Å². The minimum absolute atomic E-state index is 0.503. The molecular weight excluding hydrogens is 168 g/mol. The van der Waals surface area contributed by atoms with Gasteiger partial charge in [0.2, 0.25) is 0 Å². The van der Waals surface area contributed by atoms with Crippen molar-refractivity contribution in [3.05, 3.63) is 24.9 Å². The summed E-state index contributed by atoms with van der Waals surface area (Å²) in [5.41, 5.74) is 6.93. The predicted octanol–water partition coefficient (Wildman–Crippen LogP) is 0.526. The minimum atomic E-state index is 0.503. The molecular formula is C7H8N6. The monoisotopic (exact) mass is 176 g/mol. The van der Waals surface area contributed by atoms with Gasteiger partial charge in [0.25, 0.3) is 0 Å². The highest BCUT2D eigenvalue weighted by Crippen LogP contribution is 2.16. The van der Waals surface area contributed by atoms with E-state index in [0.717, 1.165) is 5.69 Å². The zero-order valence-corrected chi connectivity index (χ0v) is 6.73. The normalized spacial score (nSPS) is 9.85. The summed E-state index contributed by atoms with van der Waals surface area (Å²) in [6.07, 6.45) is 6.32. The lowest BCUT2D eigenvalue weighted by molar-refractivity contribution is 1.09. The molecule has 0 bridgehead atoms. The quantitative estimate of drug-likeness (QED) is 0.620. The lowest BCUT2D eigenvalue weighted by Gasteiger charge is -2.03. The van der Waals surface area contributed by atoms with Crippen molar-refractivity contribution in [3.63, 3.8) is 0 Å². The van der Waals surface area contributed by atoms with Crippen LogP contribution in [0.5, 0.6) is 0 Å². The van der Waals surface area contributed by atoms with Crippen LogP contribution in [0.15, 0.2) is 24.9 Å². The largest absolute Gasteiger partial charge is 0.394 e. The van der Waals surface area contributed by atoms with Gasteiger partial charge in [-0.05, 0) is 0 Å². The predicted molar refractivity (Wildman–Crippen MR) is 48.3 cm³/mol. The third-order valence-electron chi connectivity index (χ3n) is 1.50. The number of hydrogen-bond acceptors (Lipinski definition) is 5. The van der Waals surface area contributed by atoms with Gasteiger partial charge in [0.05, 0.1) is 23.8 Å². The van der Waals surface area contributed by atoms with Gasteiger partial charge >= 0.3 is 0 Å². The van der Waals surface area contributed by atoms with Crippen LogP contribution in [0.3, 0.4) is 0 Å². The van der Waals surface area contributed by atoms with Crippen LogP contribution < -0.4 is 11.1 Å². The number of anilines is 3. The van der Waals surface area contributed by atoms with E-state index in [0.29, 0.717) is 11.5 Å².